The maximum absolute atomic E-state index is 13.1. The fourth-order valence-electron chi connectivity index (χ4n) is 4.60. The molecule has 0 aliphatic carbocycles. The van der Waals surface area contributed by atoms with Gasteiger partial charge >= 0.3 is 0 Å². The molecule has 190 valence electrons. The molecule has 3 aromatic carbocycles. The SMILES string of the molecule is O=C(c1ccc(CS(=O)(=O)c2cccc3cccnc23)cc1)N1CCN(Cc2cc(O)ccc2O)CC1. The summed E-state index contributed by atoms with van der Waals surface area (Å²) in [5.74, 6) is -0.0492. The summed E-state index contributed by atoms with van der Waals surface area (Å²) in [4.78, 5) is 21.4. The molecule has 1 amide bonds. The molecule has 0 saturated carbocycles. The third kappa shape index (κ3) is 5.42. The first-order valence-electron chi connectivity index (χ1n) is 12.0. The third-order valence-corrected chi connectivity index (χ3v) is 8.32. The lowest BCUT2D eigenvalue weighted by molar-refractivity contribution is 0.0627. The van der Waals surface area contributed by atoms with Gasteiger partial charge in [0.2, 0.25) is 0 Å². The van der Waals surface area contributed by atoms with Crippen LogP contribution in [0.2, 0.25) is 0 Å². The van der Waals surface area contributed by atoms with Crippen LogP contribution < -0.4 is 0 Å². The average molecular weight is 518 g/mol. The summed E-state index contributed by atoms with van der Waals surface area (Å²) in [5.41, 5.74) is 2.20. The van der Waals surface area contributed by atoms with Gasteiger partial charge in [0.1, 0.15) is 11.5 Å². The van der Waals surface area contributed by atoms with Gasteiger partial charge in [-0.1, -0.05) is 30.3 Å². The predicted molar refractivity (Wildman–Crippen MR) is 140 cm³/mol. The molecule has 1 saturated heterocycles. The van der Waals surface area contributed by atoms with E-state index in [-0.39, 0.29) is 28.1 Å². The Balaban J connectivity index is 1.21. The van der Waals surface area contributed by atoms with Crippen LogP contribution in [-0.2, 0) is 22.1 Å². The van der Waals surface area contributed by atoms with Crippen molar-refractivity contribution in [2.75, 3.05) is 26.2 Å². The number of benzene rings is 3. The molecule has 2 heterocycles. The van der Waals surface area contributed by atoms with Crippen molar-refractivity contribution in [2.45, 2.75) is 17.2 Å². The van der Waals surface area contributed by atoms with E-state index in [2.05, 4.69) is 9.88 Å². The highest BCUT2D eigenvalue weighted by Crippen LogP contribution is 2.26. The Kier molecular flexibility index (Phi) is 6.82. The minimum atomic E-state index is -3.63. The smallest absolute Gasteiger partial charge is 0.253 e. The van der Waals surface area contributed by atoms with Gasteiger partial charge in [-0.3, -0.25) is 14.7 Å². The molecule has 1 aromatic heterocycles. The Morgan fingerprint density at radius 2 is 1.62 bits per heavy atom. The lowest BCUT2D eigenvalue weighted by Gasteiger charge is -2.35. The van der Waals surface area contributed by atoms with Gasteiger partial charge in [0.25, 0.3) is 5.91 Å². The van der Waals surface area contributed by atoms with E-state index in [1.165, 1.54) is 12.1 Å². The number of piperazine rings is 1. The number of para-hydroxylation sites is 1. The van der Waals surface area contributed by atoms with Gasteiger partial charge in [0, 0.05) is 55.4 Å². The minimum absolute atomic E-state index is 0.103. The van der Waals surface area contributed by atoms with Crippen molar-refractivity contribution in [1.82, 2.24) is 14.8 Å². The van der Waals surface area contributed by atoms with E-state index in [1.54, 1.807) is 59.6 Å². The molecule has 0 bridgehead atoms. The number of pyridine rings is 1. The number of nitrogens with zero attached hydrogens (tertiary/aromatic N) is 3. The number of sulfone groups is 1. The summed E-state index contributed by atoms with van der Waals surface area (Å²) >= 11 is 0. The number of aromatic nitrogens is 1. The summed E-state index contributed by atoms with van der Waals surface area (Å²) in [7, 11) is -3.63. The zero-order valence-corrected chi connectivity index (χ0v) is 20.9. The number of rotatable bonds is 6. The Morgan fingerprint density at radius 1 is 0.892 bits per heavy atom. The van der Waals surface area contributed by atoms with Crippen molar-refractivity contribution in [3.63, 3.8) is 0 Å². The van der Waals surface area contributed by atoms with Gasteiger partial charge in [-0.05, 0) is 48.0 Å². The zero-order chi connectivity index (χ0) is 26.0. The molecule has 37 heavy (non-hydrogen) atoms. The van der Waals surface area contributed by atoms with Crippen LogP contribution in [0.5, 0.6) is 11.5 Å². The molecule has 1 fully saturated rings. The topological polar surface area (TPSA) is 111 Å². The molecule has 0 spiro atoms. The van der Waals surface area contributed by atoms with Crippen molar-refractivity contribution in [3.05, 3.63) is 95.7 Å². The van der Waals surface area contributed by atoms with E-state index in [1.807, 2.05) is 12.1 Å². The maximum atomic E-state index is 13.1. The van der Waals surface area contributed by atoms with Gasteiger partial charge in [-0.25, -0.2) is 8.42 Å². The second-order valence-electron chi connectivity index (χ2n) is 9.17. The number of hydrogen-bond donors (Lipinski definition) is 2. The molecule has 5 rings (SSSR count). The van der Waals surface area contributed by atoms with Crippen LogP contribution in [-0.4, -0.2) is 65.5 Å². The lowest BCUT2D eigenvalue weighted by Crippen LogP contribution is -2.48. The van der Waals surface area contributed by atoms with Crippen LogP contribution in [0.4, 0.5) is 0 Å². The number of fused-ring (bicyclic) bond motifs is 1. The van der Waals surface area contributed by atoms with E-state index in [9.17, 15) is 23.4 Å². The molecule has 9 heteroatoms. The molecular weight excluding hydrogens is 490 g/mol. The molecule has 0 atom stereocenters. The van der Waals surface area contributed by atoms with Crippen LogP contribution in [0.25, 0.3) is 10.9 Å². The fraction of sp³-hybridized carbons (Fsp3) is 0.214. The van der Waals surface area contributed by atoms with Crippen LogP contribution in [0.1, 0.15) is 21.5 Å². The second-order valence-corrected chi connectivity index (χ2v) is 11.1. The standard InChI is InChI=1S/C28H27N3O5S/c32-24-10-11-25(33)23(17-24)18-30-13-15-31(16-14-30)28(34)22-8-6-20(7-9-22)19-37(35,36)26-5-1-3-21-4-2-12-29-27(21)26/h1-12,17,32-33H,13-16,18-19H2. The van der Waals surface area contributed by atoms with E-state index < -0.39 is 9.84 Å². The predicted octanol–water partition coefficient (Wildman–Crippen LogP) is 3.58. The molecule has 8 nitrogen and oxygen atoms in total. The number of phenols is 2. The lowest BCUT2D eigenvalue weighted by atomic mass is 10.1. The van der Waals surface area contributed by atoms with Crippen molar-refractivity contribution in [1.29, 1.82) is 0 Å². The highest BCUT2D eigenvalue weighted by atomic mass is 32.2. The normalized spacial score (nSPS) is 14.6. The number of phenolic OH excluding ortho intramolecular Hbond substituents is 2. The second kappa shape index (κ2) is 10.2. The first-order chi connectivity index (χ1) is 17.8. The minimum Gasteiger partial charge on any atom is -0.508 e. The monoisotopic (exact) mass is 517 g/mol. The van der Waals surface area contributed by atoms with Crippen molar-refractivity contribution >= 4 is 26.6 Å². The number of hydrogen-bond acceptors (Lipinski definition) is 7. The van der Waals surface area contributed by atoms with E-state index in [0.717, 1.165) is 5.39 Å². The average Bonchev–Trinajstić information content (AvgIpc) is 2.91. The Bertz CT molecular complexity index is 1540. The molecule has 0 radical (unpaired) electrons. The van der Waals surface area contributed by atoms with Gasteiger partial charge in [0.05, 0.1) is 16.2 Å². The van der Waals surface area contributed by atoms with Crippen molar-refractivity contribution < 1.29 is 23.4 Å². The molecule has 2 N–H and O–H groups in total. The van der Waals surface area contributed by atoms with E-state index in [0.29, 0.717) is 54.9 Å². The Labute approximate surface area is 215 Å². The summed E-state index contributed by atoms with van der Waals surface area (Å²) < 4.78 is 26.3. The fourth-order valence-corrected chi connectivity index (χ4v) is 6.14. The third-order valence-electron chi connectivity index (χ3n) is 6.60. The molecular formula is C28H27N3O5S. The Hall–Kier alpha value is -3.95. The summed E-state index contributed by atoms with van der Waals surface area (Å²) in [6, 6.07) is 19.9. The van der Waals surface area contributed by atoms with Crippen LogP contribution >= 0.6 is 0 Å². The quantitative estimate of drug-likeness (QED) is 0.376. The largest absolute Gasteiger partial charge is 0.508 e. The molecule has 1 aliphatic heterocycles. The summed E-state index contributed by atoms with van der Waals surface area (Å²) in [5, 5.41) is 20.5. The first kappa shape index (κ1) is 24.7. The maximum Gasteiger partial charge on any atom is 0.253 e. The van der Waals surface area contributed by atoms with E-state index >= 15 is 0 Å². The highest BCUT2D eigenvalue weighted by molar-refractivity contribution is 7.90. The van der Waals surface area contributed by atoms with Gasteiger partial charge < -0.3 is 15.1 Å². The molecule has 0 unspecified atom stereocenters. The van der Waals surface area contributed by atoms with Crippen LogP contribution in [0, 0.1) is 0 Å². The van der Waals surface area contributed by atoms with Gasteiger partial charge in [-0.2, -0.15) is 0 Å². The molecule has 4 aromatic rings. The number of carbonyl (C=O) groups is 1. The zero-order valence-electron chi connectivity index (χ0n) is 20.1. The molecule has 1 aliphatic rings. The van der Waals surface area contributed by atoms with E-state index in [4.69, 9.17) is 0 Å². The van der Waals surface area contributed by atoms with Crippen molar-refractivity contribution in [3.8, 4) is 11.5 Å². The highest BCUT2D eigenvalue weighted by Gasteiger charge is 2.24. The summed E-state index contributed by atoms with van der Waals surface area (Å²) in [6.45, 7) is 2.81. The number of carbonyl (C=O) groups excluding carboxylic acids is 1. The Morgan fingerprint density at radius 3 is 2.38 bits per heavy atom. The number of aromatic hydroxyl groups is 2. The summed E-state index contributed by atoms with van der Waals surface area (Å²) in [6.07, 6.45) is 1.58. The first-order valence-corrected chi connectivity index (χ1v) is 13.6. The van der Waals surface area contributed by atoms with Crippen LogP contribution in [0.15, 0.2) is 83.9 Å². The van der Waals surface area contributed by atoms with Crippen molar-refractivity contribution in [2.24, 2.45) is 0 Å². The van der Waals surface area contributed by atoms with Crippen LogP contribution in [0.3, 0.4) is 0 Å². The van der Waals surface area contributed by atoms with Gasteiger partial charge in [-0.15, -0.1) is 0 Å². The number of amides is 1. The van der Waals surface area contributed by atoms with Gasteiger partial charge in [0.15, 0.2) is 9.84 Å².